The Kier molecular flexibility index (Phi) is 3.53. The fraction of sp³-hybridized carbons (Fsp3) is 0.167. The largest absolute Gasteiger partial charge is 0.270 e. The van der Waals surface area contributed by atoms with Gasteiger partial charge < -0.3 is 0 Å². The molecule has 2 aromatic rings. The lowest BCUT2D eigenvalue weighted by Gasteiger charge is -2.03. The highest BCUT2D eigenvalue weighted by atomic mass is 32.2. The van der Waals surface area contributed by atoms with E-state index in [0.717, 1.165) is 10.7 Å². The maximum atomic E-state index is 10.7. The maximum absolute atomic E-state index is 10.7. The molecule has 6 nitrogen and oxygen atoms in total. The number of rotatable bonds is 3. The van der Waals surface area contributed by atoms with Crippen molar-refractivity contribution >= 4 is 17.4 Å². The molecule has 0 N–H and O–H groups in total. The van der Waals surface area contributed by atoms with Crippen molar-refractivity contribution in [1.29, 1.82) is 5.26 Å². The van der Waals surface area contributed by atoms with Crippen molar-refractivity contribution in [2.45, 2.75) is 16.8 Å². The number of aryl methyl sites for hydroxylation is 2. The lowest BCUT2D eigenvalue weighted by Crippen LogP contribution is -1.94. The molecule has 0 fully saturated rings. The molecule has 1 heterocycles. The van der Waals surface area contributed by atoms with Gasteiger partial charge in [-0.1, -0.05) is 11.8 Å². The van der Waals surface area contributed by atoms with Crippen LogP contribution in [0, 0.1) is 28.4 Å². The Morgan fingerprint density at radius 1 is 1.47 bits per heavy atom. The number of hydrogen-bond acceptors (Lipinski definition) is 5. The second-order valence-corrected chi connectivity index (χ2v) is 4.96. The molecule has 0 atom stereocenters. The number of hydrogen-bond donors (Lipinski definition) is 0. The second-order valence-electron chi connectivity index (χ2n) is 3.90. The second kappa shape index (κ2) is 5.12. The van der Waals surface area contributed by atoms with Gasteiger partial charge in [-0.05, 0) is 19.1 Å². The highest BCUT2D eigenvalue weighted by Gasteiger charge is 2.13. The molecule has 1 aromatic heterocycles. The van der Waals surface area contributed by atoms with Crippen LogP contribution in [0.3, 0.4) is 0 Å². The summed E-state index contributed by atoms with van der Waals surface area (Å²) in [6, 6.07) is 8.14. The van der Waals surface area contributed by atoms with E-state index in [-0.39, 0.29) is 11.3 Å². The van der Waals surface area contributed by atoms with Crippen LogP contribution in [0.2, 0.25) is 0 Å². The van der Waals surface area contributed by atoms with Gasteiger partial charge in [0.2, 0.25) is 0 Å². The van der Waals surface area contributed by atoms with Crippen LogP contribution in [-0.2, 0) is 7.05 Å². The zero-order valence-electron chi connectivity index (χ0n) is 10.3. The Morgan fingerprint density at radius 2 is 2.21 bits per heavy atom. The third-order valence-corrected chi connectivity index (χ3v) is 3.64. The summed E-state index contributed by atoms with van der Waals surface area (Å²) >= 11 is 1.36. The van der Waals surface area contributed by atoms with Crippen LogP contribution in [0.25, 0.3) is 0 Å². The predicted molar refractivity (Wildman–Crippen MR) is 69.9 cm³/mol. The van der Waals surface area contributed by atoms with Gasteiger partial charge in [-0.25, -0.2) is 0 Å². The number of benzene rings is 1. The molecule has 19 heavy (non-hydrogen) atoms. The first kappa shape index (κ1) is 13.1. The summed E-state index contributed by atoms with van der Waals surface area (Å²) in [4.78, 5) is 10.8. The van der Waals surface area contributed by atoms with Crippen molar-refractivity contribution in [2.75, 3.05) is 0 Å². The summed E-state index contributed by atoms with van der Waals surface area (Å²) in [5.74, 6) is 0. The average molecular weight is 274 g/mol. The number of non-ortho nitro benzene ring substituents is 1. The van der Waals surface area contributed by atoms with Crippen molar-refractivity contribution < 1.29 is 4.92 Å². The summed E-state index contributed by atoms with van der Waals surface area (Å²) in [5, 5.41) is 24.8. The Hall–Kier alpha value is -2.33. The van der Waals surface area contributed by atoms with E-state index in [1.165, 1.54) is 23.9 Å². The fourth-order valence-corrected chi connectivity index (χ4v) is 2.58. The van der Waals surface area contributed by atoms with Crippen molar-refractivity contribution in [2.24, 2.45) is 7.05 Å². The zero-order chi connectivity index (χ0) is 14.0. The van der Waals surface area contributed by atoms with Gasteiger partial charge >= 0.3 is 0 Å². The summed E-state index contributed by atoms with van der Waals surface area (Å²) in [6.45, 7) is 1.88. The molecule has 7 heteroatoms. The third kappa shape index (κ3) is 2.74. The normalized spacial score (nSPS) is 10.2. The molecule has 0 bridgehead atoms. The number of nitro groups is 1. The monoisotopic (exact) mass is 274 g/mol. The maximum Gasteiger partial charge on any atom is 0.270 e. The van der Waals surface area contributed by atoms with E-state index in [9.17, 15) is 10.1 Å². The Morgan fingerprint density at radius 3 is 2.74 bits per heavy atom. The van der Waals surface area contributed by atoms with Crippen LogP contribution in [0.15, 0.2) is 34.2 Å². The molecule has 0 aliphatic rings. The van der Waals surface area contributed by atoms with Crippen molar-refractivity contribution in [3.8, 4) is 6.07 Å². The van der Waals surface area contributed by atoms with Gasteiger partial charge in [0.1, 0.15) is 6.07 Å². The first-order chi connectivity index (χ1) is 9.01. The molecule has 0 unspecified atom stereocenters. The molecular formula is C12H10N4O2S. The number of nitro benzene ring substituents is 1. The van der Waals surface area contributed by atoms with Gasteiger partial charge in [0.05, 0.1) is 21.2 Å². The molecule has 0 aliphatic carbocycles. The summed E-state index contributed by atoms with van der Waals surface area (Å²) in [6.07, 6.45) is 0. The molecular weight excluding hydrogens is 264 g/mol. The minimum atomic E-state index is -0.510. The van der Waals surface area contributed by atoms with E-state index < -0.39 is 4.92 Å². The Labute approximate surface area is 113 Å². The average Bonchev–Trinajstić information content (AvgIpc) is 2.68. The molecule has 0 saturated heterocycles. The van der Waals surface area contributed by atoms with Crippen molar-refractivity contribution in [1.82, 2.24) is 9.78 Å². The molecule has 0 radical (unpaired) electrons. The van der Waals surface area contributed by atoms with Gasteiger partial charge in [-0.3, -0.25) is 14.8 Å². The first-order valence-electron chi connectivity index (χ1n) is 5.38. The SMILES string of the molecule is Cc1cc(Sc2ccc([N+](=O)[O-])cc2C#N)n(C)n1. The molecule has 0 saturated carbocycles. The van der Waals surface area contributed by atoms with E-state index in [4.69, 9.17) is 5.26 Å². The minimum absolute atomic E-state index is 0.0814. The quantitative estimate of drug-likeness (QED) is 0.634. The molecule has 0 spiro atoms. The molecule has 96 valence electrons. The topological polar surface area (TPSA) is 84.8 Å². The van der Waals surface area contributed by atoms with Crippen LogP contribution in [-0.4, -0.2) is 14.7 Å². The van der Waals surface area contributed by atoms with Crippen LogP contribution < -0.4 is 0 Å². The summed E-state index contributed by atoms with van der Waals surface area (Å²) in [5.41, 5.74) is 1.09. The van der Waals surface area contributed by atoms with Gasteiger partial charge in [0.15, 0.2) is 0 Å². The van der Waals surface area contributed by atoms with E-state index >= 15 is 0 Å². The number of nitrogens with zero attached hydrogens (tertiary/aromatic N) is 4. The summed E-state index contributed by atoms with van der Waals surface area (Å²) in [7, 11) is 1.81. The summed E-state index contributed by atoms with van der Waals surface area (Å²) < 4.78 is 1.71. The van der Waals surface area contributed by atoms with Crippen LogP contribution in [0.4, 0.5) is 5.69 Å². The van der Waals surface area contributed by atoms with Crippen molar-refractivity contribution in [3.05, 3.63) is 45.6 Å². The van der Waals surface area contributed by atoms with E-state index in [1.54, 1.807) is 10.7 Å². The molecule has 1 aromatic carbocycles. The predicted octanol–water partition coefficient (Wildman–Crippen LogP) is 2.66. The van der Waals surface area contributed by atoms with E-state index in [1.807, 2.05) is 26.1 Å². The minimum Gasteiger partial charge on any atom is -0.262 e. The Balaban J connectivity index is 2.38. The third-order valence-electron chi connectivity index (χ3n) is 2.47. The van der Waals surface area contributed by atoms with Gasteiger partial charge in [0.25, 0.3) is 5.69 Å². The van der Waals surface area contributed by atoms with Gasteiger partial charge in [-0.2, -0.15) is 10.4 Å². The van der Waals surface area contributed by atoms with Crippen LogP contribution in [0.5, 0.6) is 0 Å². The zero-order valence-corrected chi connectivity index (χ0v) is 11.1. The molecule has 2 rings (SSSR count). The lowest BCUT2D eigenvalue weighted by atomic mass is 10.2. The Bertz CT molecular complexity index is 688. The smallest absolute Gasteiger partial charge is 0.262 e. The standard InChI is InChI=1S/C12H10N4O2S/c1-8-5-12(15(2)14-8)19-11-4-3-10(16(17)18)6-9(11)7-13/h3-6H,1-2H3. The lowest BCUT2D eigenvalue weighted by molar-refractivity contribution is -0.384. The number of aromatic nitrogens is 2. The van der Waals surface area contributed by atoms with E-state index in [2.05, 4.69) is 5.10 Å². The highest BCUT2D eigenvalue weighted by Crippen LogP contribution is 2.32. The van der Waals surface area contributed by atoms with Gasteiger partial charge in [-0.15, -0.1) is 0 Å². The van der Waals surface area contributed by atoms with E-state index in [0.29, 0.717) is 4.90 Å². The fourth-order valence-electron chi connectivity index (χ4n) is 1.60. The molecule has 0 aliphatic heterocycles. The van der Waals surface area contributed by atoms with Gasteiger partial charge in [0, 0.05) is 24.1 Å². The highest BCUT2D eigenvalue weighted by molar-refractivity contribution is 7.99. The molecule has 0 amide bonds. The first-order valence-corrected chi connectivity index (χ1v) is 6.20. The number of nitriles is 1. The van der Waals surface area contributed by atoms with Crippen molar-refractivity contribution in [3.63, 3.8) is 0 Å². The van der Waals surface area contributed by atoms with Crippen LogP contribution in [0.1, 0.15) is 11.3 Å². The van der Waals surface area contributed by atoms with Crippen LogP contribution >= 0.6 is 11.8 Å².